The normalized spacial score (nSPS) is 10.2. The van der Waals surface area contributed by atoms with Gasteiger partial charge in [0.2, 0.25) is 5.91 Å². The number of primary amides is 1. The summed E-state index contributed by atoms with van der Waals surface area (Å²) < 4.78 is 23.5. The quantitative estimate of drug-likeness (QED) is 0.834. The van der Waals surface area contributed by atoms with Crippen molar-refractivity contribution in [1.82, 2.24) is 0 Å². The minimum Gasteiger partial charge on any atom is -0.497 e. The number of halogens is 1. The van der Waals surface area contributed by atoms with Crippen LogP contribution in [-0.4, -0.2) is 32.6 Å². The summed E-state index contributed by atoms with van der Waals surface area (Å²) in [5.41, 5.74) is 5.96. The molecular formula is C18H19FN2O4. The molecule has 25 heavy (non-hydrogen) atoms. The first kappa shape index (κ1) is 18.3. The topological polar surface area (TPSA) is 81.9 Å². The minimum atomic E-state index is -0.539. The molecule has 0 bridgehead atoms. The molecule has 0 unspecified atom stereocenters. The molecule has 0 heterocycles. The zero-order valence-electron chi connectivity index (χ0n) is 14.0. The number of amides is 2. The molecule has 0 saturated carbocycles. The van der Waals surface area contributed by atoms with Gasteiger partial charge in [-0.2, -0.15) is 0 Å². The van der Waals surface area contributed by atoms with Crippen LogP contribution in [0.2, 0.25) is 0 Å². The van der Waals surface area contributed by atoms with Gasteiger partial charge in [0.25, 0.3) is 5.91 Å². The minimum absolute atomic E-state index is 0.0236. The Bertz CT molecular complexity index is 740. The third-order valence-corrected chi connectivity index (χ3v) is 3.56. The van der Waals surface area contributed by atoms with Gasteiger partial charge in [-0.15, -0.1) is 0 Å². The van der Waals surface area contributed by atoms with E-state index < -0.39 is 11.7 Å². The molecule has 2 amide bonds. The molecule has 2 rings (SSSR count). The Hall–Kier alpha value is -3.09. The van der Waals surface area contributed by atoms with Crippen LogP contribution in [0.4, 0.5) is 10.1 Å². The molecule has 132 valence electrons. The first-order valence-corrected chi connectivity index (χ1v) is 7.53. The SMILES string of the molecule is COc1cc(OC)cc(C(=O)N(CCC(N)=O)c2ccc(F)cc2)c1. The molecule has 2 aromatic carbocycles. The number of anilines is 1. The molecule has 7 heteroatoms. The van der Waals surface area contributed by atoms with E-state index >= 15 is 0 Å². The first-order chi connectivity index (χ1) is 11.9. The lowest BCUT2D eigenvalue weighted by molar-refractivity contribution is -0.117. The third kappa shape index (κ3) is 4.69. The summed E-state index contributed by atoms with van der Waals surface area (Å²) in [7, 11) is 2.96. The van der Waals surface area contributed by atoms with Gasteiger partial charge in [0.15, 0.2) is 0 Å². The fourth-order valence-electron chi connectivity index (χ4n) is 2.28. The fraction of sp³-hybridized carbons (Fsp3) is 0.222. The van der Waals surface area contributed by atoms with Crippen molar-refractivity contribution in [2.75, 3.05) is 25.7 Å². The summed E-state index contributed by atoms with van der Waals surface area (Å²) in [6.45, 7) is 0.0688. The third-order valence-electron chi connectivity index (χ3n) is 3.56. The highest BCUT2D eigenvalue weighted by molar-refractivity contribution is 6.06. The molecule has 0 radical (unpaired) electrons. The molecule has 6 nitrogen and oxygen atoms in total. The van der Waals surface area contributed by atoms with Crippen LogP contribution in [-0.2, 0) is 4.79 Å². The Labute approximate surface area is 144 Å². The highest BCUT2D eigenvalue weighted by Crippen LogP contribution is 2.25. The Morgan fingerprint density at radius 2 is 1.60 bits per heavy atom. The van der Waals surface area contributed by atoms with Gasteiger partial charge >= 0.3 is 0 Å². The molecule has 0 aliphatic heterocycles. The first-order valence-electron chi connectivity index (χ1n) is 7.53. The number of benzene rings is 2. The second-order valence-corrected chi connectivity index (χ2v) is 5.25. The van der Waals surface area contributed by atoms with Gasteiger partial charge in [-0.05, 0) is 36.4 Å². The number of methoxy groups -OCH3 is 2. The summed E-state index contributed by atoms with van der Waals surface area (Å²) in [5, 5.41) is 0. The second-order valence-electron chi connectivity index (χ2n) is 5.25. The predicted molar refractivity (Wildman–Crippen MR) is 91.4 cm³/mol. The van der Waals surface area contributed by atoms with Crippen LogP contribution in [0, 0.1) is 5.82 Å². The molecule has 0 aliphatic rings. The van der Waals surface area contributed by atoms with Crippen LogP contribution in [0.3, 0.4) is 0 Å². The van der Waals surface area contributed by atoms with E-state index in [1.807, 2.05) is 0 Å². The van der Waals surface area contributed by atoms with Crippen LogP contribution in [0.15, 0.2) is 42.5 Å². The molecule has 0 spiro atoms. The highest BCUT2D eigenvalue weighted by atomic mass is 19.1. The largest absolute Gasteiger partial charge is 0.497 e. The van der Waals surface area contributed by atoms with Gasteiger partial charge < -0.3 is 20.1 Å². The lowest BCUT2D eigenvalue weighted by Gasteiger charge is -2.23. The molecule has 0 fully saturated rings. The van der Waals surface area contributed by atoms with Gasteiger partial charge in [0, 0.05) is 30.3 Å². The van der Waals surface area contributed by atoms with E-state index in [1.165, 1.54) is 43.4 Å². The number of ether oxygens (including phenoxy) is 2. The second kappa shape index (κ2) is 8.14. The van der Waals surface area contributed by atoms with E-state index in [1.54, 1.807) is 18.2 Å². The van der Waals surface area contributed by atoms with E-state index in [0.29, 0.717) is 22.7 Å². The zero-order valence-corrected chi connectivity index (χ0v) is 14.0. The maximum Gasteiger partial charge on any atom is 0.258 e. The fourth-order valence-corrected chi connectivity index (χ4v) is 2.28. The van der Waals surface area contributed by atoms with Crippen molar-refractivity contribution < 1.29 is 23.5 Å². The number of nitrogens with two attached hydrogens (primary N) is 1. The Kier molecular flexibility index (Phi) is 5.94. The number of hydrogen-bond donors (Lipinski definition) is 1. The van der Waals surface area contributed by atoms with E-state index in [4.69, 9.17) is 15.2 Å². The van der Waals surface area contributed by atoms with Gasteiger partial charge in [0.1, 0.15) is 17.3 Å². The summed E-state index contributed by atoms with van der Waals surface area (Å²) in [4.78, 5) is 25.4. The summed E-state index contributed by atoms with van der Waals surface area (Å²) >= 11 is 0. The Morgan fingerprint density at radius 1 is 1.04 bits per heavy atom. The molecule has 0 atom stereocenters. The van der Waals surface area contributed by atoms with E-state index in [2.05, 4.69) is 0 Å². The number of carbonyl (C=O) groups is 2. The number of nitrogens with zero attached hydrogens (tertiary/aromatic N) is 1. The van der Waals surface area contributed by atoms with Crippen molar-refractivity contribution in [3.05, 3.63) is 53.8 Å². The van der Waals surface area contributed by atoms with Crippen molar-refractivity contribution in [3.8, 4) is 11.5 Å². The molecule has 0 aliphatic carbocycles. The summed E-state index contributed by atoms with van der Waals surface area (Å²) in [5.74, 6) is -0.435. The van der Waals surface area contributed by atoms with E-state index in [9.17, 15) is 14.0 Å². The monoisotopic (exact) mass is 346 g/mol. The number of hydrogen-bond acceptors (Lipinski definition) is 4. The molecule has 2 aromatic rings. The average Bonchev–Trinajstić information content (AvgIpc) is 2.62. The smallest absolute Gasteiger partial charge is 0.258 e. The van der Waals surface area contributed by atoms with Gasteiger partial charge in [-0.3, -0.25) is 9.59 Å². The molecule has 2 N–H and O–H groups in total. The van der Waals surface area contributed by atoms with Crippen molar-refractivity contribution in [1.29, 1.82) is 0 Å². The van der Waals surface area contributed by atoms with Crippen molar-refractivity contribution in [2.24, 2.45) is 5.73 Å². The standard InChI is InChI=1S/C18H19FN2O4/c1-24-15-9-12(10-16(11-15)25-2)18(23)21(8-7-17(20)22)14-5-3-13(19)4-6-14/h3-6,9-11H,7-8H2,1-2H3,(H2,20,22). The van der Waals surface area contributed by atoms with Crippen LogP contribution in [0.5, 0.6) is 11.5 Å². The average molecular weight is 346 g/mol. The van der Waals surface area contributed by atoms with Gasteiger partial charge in [0.05, 0.1) is 14.2 Å². The van der Waals surface area contributed by atoms with Gasteiger partial charge in [-0.1, -0.05) is 0 Å². The summed E-state index contributed by atoms with van der Waals surface area (Å²) in [6, 6.07) is 10.2. The molecule has 0 aromatic heterocycles. The highest BCUT2D eigenvalue weighted by Gasteiger charge is 2.20. The van der Waals surface area contributed by atoms with Crippen LogP contribution < -0.4 is 20.1 Å². The van der Waals surface area contributed by atoms with Crippen LogP contribution in [0.1, 0.15) is 16.8 Å². The van der Waals surface area contributed by atoms with Crippen molar-refractivity contribution in [2.45, 2.75) is 6.42 Å². The maximum absolute atomic E-state index is 13.2. The zero-order chi connectivity index (χ0) is 18.4. The van der Waals surface area contributed by atoms with E-state index in [-0.39, 0.29) is 18.9 Å². The van der Waals surface area contributed by atoms with Crippen molar-refractivity contribution in [3.63, 3.8) is 0 Å². The Balaban J connectivity index is 2.40. The molecule has 0 saturated heterocycles. The maximum atomic E-state index is 13.2. The van der Waals surface area contributed by atoms with Crippen LogP contribution in [0.25, 0.3) is 0 Å². The number of rotatable bonds is 7. The van der Waals surface area contributed by atoms with E-state index in [0.717, 1.165) is 0 Å². The Morgan fingerprint density at radius 3 is 2.08 bits per heavy atom. The summed E-state index contributed by atoms with van der Waals surface area (Å²) in [6.07, 6.45) is -0.0236. The number of carbonyl (C=O) groups excluding carboxylic acids is 2. The van der Waals surface area contributed by atoms with Gasteiger partial charge in [-0.25, -0.2) is 4.39 Å². The lowest BCUT2D eigenvalue weighted by Crippen LogP contribution is -2.34. The van der Waals surface area contributed by atoms with Crippen LogP contribution >= 0.6 is 0 Å². The molecular weight excluding hydrogens is 327 g/mol. The lowest BCUT2D eigenvalue weighted by atomic mass is 10.1. The van der Waals surface area contributed by atoms with Crippen molar-refractivity contribution >= 4 is 17.5 Å². The predicted octanol–water partition coefficient (Wildman–Crippen LogP) is 2.37.